The Labute approximate surface area is 69.4 Å². The standard InChI is InChI=1S/C9H11OP/c1-3-8-4-5-9(10-11)7(2)6-8/h3-6H,1,11H2,2H3. The highest BCUT2D eigenvalue weighted by atomic mass is 31.0. The molecule has 0 spiro atoms. The van der Waals surface area contributed by atoms with Gasteiger partial charge in [0.1, 0.15) is 5.75 Å². The third-order valence-corrected chi connectivity index (χ3v) is 1.82. The number of hydrogen-bond donors (Lipinski definition) is 0. The van der Waals surface area contributed by atoms with Crippen LogP contribution in [0.1, 0.15) is 11.1 Å². The van der Waals surface area contributed by atoms with E-state index in [-0.39, 0.29) is 0 Å². The normalized spacial score (nSPS) is 9.27. The Bertz CT molecular complexity index is 268. The van der Waals surface area contributed by atoms with Crippen molar-refractivity contribution in [3.8, 4) is 5.75 Å². The van der Waals surface area contributed by atoms with Gasteiger partial charge in [-0.2, -0.15) is 0 Å². The van der Waals surface area contributed by atoms with Crippen molar-refractivity contribution in [2.45, 2.75) is 6.92 Å². The summed E-state index contributed by atoms with van der Waals surface area (Å²) in [6.07, 6.45) is 1.82. The molecular weight excluding hydrogens is 155 g/mol. The van der Waals surface area contributed by atoms with Crippen LogP contribution < -0.4 is 4.52 Å². The Morgan fingerprint density at radius 3 is 2.73 bits per heavy atom. The van der Waals surface area contributed by atoms with Crippen molar-refractivity contribution < 1.29 is 4.52 Å². The van der Waals surface area contributed by atoms with Crippen LogP contribution in [0.4, 0.5) is 0 Å². The highest BCUT2D eigenvalue weighted by Crippen LogP contribution is 2.20. The molecule has 1 nitrogen and oxygen atoms in total. The second-order valence-electron chi connectivity index (χ2n) is 2.35. The second-order valence-corrected chi connectivity index (χ2v) is 2.58. The molecule has 58 valence electrons. The van der Waals surface area contributed by atoms with Crippen molar-refractivity contribution in [1.29, 1.82) is 0 Å². The molecule has 0 N–H and O–H groups in total. The molecule has 0 radical (unpaired) electrons. The molecule has 1 aromatic carbocycles. The molecular formula is C9H11OP. The van der Waals surface area contributed by atoms with E-state index in [1.807, 2.05) is 31.2 Å². The SMILES string of the molecule is C=Cc1ccc(OP)c(C)c1. The Morgan fingerprint density at radius 1 is 1.55 bits per heavy atom. The van der Waals surface area contributed by atoms with Gasteiger partial charge in [-0.3, -0.25) is 0 Å². The minimum atomic E-state index is 0.889. The van der Waals surface area contributed by atoms with E-state index in [9.17, 15) is 0 Å². The Morgan fingerprint density at radius 2 is 2.27 bits per heavy atom. The molecule has 0 amide bonds. The molecule has 2 heteroatoms. The molecule has 0 saturated heterocycles. The van der Waals surface area contributed by atoms with Crippen LogP contribution in [0.3, 0.4) is 0 Å². The van der Waals surface area contributed by atoms with Crippen molar-refractivity contribution in [3.05, 3.63) is 35.9 Å². The zero-order valence-electron chi connectivity index (χ0n) is 6.50. The van der Waals surface area contributed by atoms with Gasteiger partial charge in [-0.05, 0) is 30.2 Å². The maximum absolute atomic E-state index is 5.03. The van der Waals surface area contributed by atoms with E-state index in [1.54, 1.807) is 0 Å². The largest absolute Gasteiger partial charge is 0.480 e. The maximum Gasteiger partial charge on any atom is 0.125 e. The zero-order valence-corrected chi connectivity index (χ0v) is 7.66. The van der Waals surface area contributed by atoms with Crippen LogP contribution in [0.5, 0.6) is 5.75 Å². The average molecular weight is 166 g/mol. The van der Waals surface area contributed by atoms with Crippen molar-refractivity contribution in [2.24, 2.45) is 0 Å². The van der Waals surface area contributed by atoms with Gasteiger partial charge in [-0.15, -0.1) is 0 Å². The number of benzene rings is 1. The lowest BCUT2D eigenvalue weighted by Crippen LogP contribution is -1.81. The van der Waals surface area contributed by atoms with Gasteiger partial charge >= 0.3 is 0 Å². The first kappa shape index (κ1) is 8.29. The summed E-state index contributed by atoms with van der Waals surface area (Å²) < 4.78 is 5.03. The van der Waals surface area contributed by atoms with Crippen LogP contribution in [-0.2, 0) is 0 Å². The molecule has 0 aliphatic carbocycles. The van der Waals surface area contributed by atoms with Crippen molar-refractivity contribution in [1.82, 2.24) is 0 Å². The van der Waals surface area contributed by atoms with E-state index in [2.05, 4.69) is 16.0 Å². The Kier molecular flexibility index (Phi) is 2.67. The molecule has 0 saturated carbocycles. The summed E-state index contributed by atoms with van der Waals surface area (Å²) >= 11 is 0. The highest BCUT2D eigenvalue weighted by molar-refractivity contribution is 7.10. The fourth-order valence-electron chi connectivity index (χ4n) is 0.932. The lowest BCUT2D eigenvalue weighted by Gasteiger charge is -2.03. The van der Waals surface area contributed by atoms with Gasteiger partial charge in [0.25, 0.3) is 0 Å². The lowest BCUT2D eigenvalue weighted by atomic mass is 10.1. The molecule has 0 heterocycles. The Hall–Kier alpha value is -0.810. The predicted molar refractivity (Wildman–Crippen MR) is 51.6 cm³/mol. The Balaban J connectivity index is 3.09. The monoisotopic (exact) mass is 166 g/mol. The topological polar surface area (TPSA) is 9.23 Å². The van der Waals surface area contributed by atoms with Gasteiger partial charge in [0, 0.05) is 0 Å². The first-order valence-electron chi connectivity index (χ1n) is 3.37. The van der Waals surface area contributed by atoms with E-state index in [1.165, 1.54) is 0 Å². The molecule has 0 bridgehead atoms. The maximum atomic E-state index is 5.03. The van der Waals surface area contributed by atoms with Crippen LogP contribution in [0.15, 0.2) is 24.8 Å². The van der Waals surface area contributed by atoms with Crippen LogP contribution >= 0.6 is 9.47 Å². The van der Waals surface area contributed by atoms with Crippen molar-refractivity contribution >= 4 is 15.5 Å². The quantitative estimate of drug-likeness (QED) is 0.614. The smallest absolute Gasteiger partial charge is 0.125 e. The molecule has 0 aliphatic heterocycles. The number of hydrogen-bond acceptors (Lipinski definition) is 1. The first-order chi connectivity index (χ1) is 5.27. The van der Waals surface area contributed by atoms with E-state index in [0.29, 0.717) is 0 Å². The van der Waals surface area contributed by atoms with E-state index >= 15 is 0 Å². The van der Waals surface area contributed by atoms with Crippen molar-refractivity contribution in [2.75, 3.05) is 0 Å². The first-order valence-corrected chi connectivity index (χ1v) is 3.85. The summed E-state index contributed by atoms with van der Waals surface area (Å²) in [5.41, 5.74) is 2.24. The lowest BCUT2D eigenvalue weighted by molar-refractivity contribution is 0.640. The minimum absolute atomic E-state index is 0.889. The van der Waals surface area contributed by atoms with Gasteiger partial charge in [-0.25, -0.2) is 0 Å². The summed E-state index contributed by atoms with van der Waals surface area (Å²) in [6, 6.07) is 5.94. The van der Waals surface area contributed by atoms with Gasteiger partial charge < -0.3 is 4.52 Å². The van der Waals surface area contributed by atoms with Crippen molar-refractivity contribution in [3.63, 3.8) is 0 Å². The van der Waals surface area contributed by atoms with Gasteiger partial charge in [0.15, 0.2) is 0 Å². The minimum Gasteiger partial charge on any atom is -0.480 e. The second kappa shape index (κ2) is 3.54. The van der Waals surface area contributed by atoms with Crippen LogP contribution in [0, 0.1) is 6.92 Å². The number of rotatable bonds is 2. The van der Waals surface area contributed by atoms with Gasteiger partial charge in [0.05, 0.1) is 9.47 Å². The molecule has 1 atom stereocenters. The zero-order chi connectivity index (χ0) is 8.27. The molecule has 0 fully saturated rings. The summed E-state index contributed by atoms with van der Waals surface area (Å²) in [5, 5.41) is 0. The van der Waals surface area contributed by atoms with E-state index in [4.69, 9.17) is 4.52 Å². The highest BCUT2D eigenvalue weighted by Gasteiger charge is 1.95. The summed E-state index contributed by atoms with van der Waals surface area (Å²) in [7, 11) is 2.23. The molecule has 1 unspecified atom stereocenters. The third kappa shape index (κ3) is 1.81. The molecule has 1 aromatic rings. The van der Waals surface area contributed by atoms with Crippen LogP contribution in [0.25, 0.3) is 6.08 Å². The van der Waals surface area contributed by atoms with Crippen LogP contribution in [-0.4, -0.2) is 0 Å². The van der Waals surface area contributed by atoms with Crippen LogP contribution in [0.2, 0.25) is 0 Å². The average Bonchev–Trinajstić information content (AvgIpc) is 2.04. The molecule has 11 heavy (non-hydrogen) atoms. The van der Waals surface area contributed by atoms with E-state index < -0.39 is 0 Å². The predicted octanol–water partition coefficient (Wildman–Crippen LogP) is 2.81. The van der Waals surface area contributed by atoms with Gasteiger partial charge in [0.2, 0.25) is 0 Å². The van der Waals surface area contributed by atoms with E-state index in [0.717, 1.165) is 16.9 Å². The van der Waals surface area contributed by atoms with Gasteiger partial charge in [-0.1, -0.05) is 18.7 Å². The molecule has 1 rings (SSSR count). The summed E-state index contributed by atoms with van der Waals surface area (Å²) in [6.45, 7) is 5.69. The summed E-state index contributed by atoms with van der Waals surface area (Å²) in [4.78, 5) is 0. The molecule has 0 aromatic heterocycles. The molecule has 0 aliphatic rings. The third-order valence-electron chi connectivity index (χ3n) is 1.56. The fourth-order valence-corrected chi connectivity index (χ4v) is 1.20. The summed E-state index contributed by atoms with van der Waals surface area (Å²) in [5.74, 6) is 0.889. The fraction of sp³-hybridized carbons (Fsp3) is 0.111. The number of aryl methyl sites for hydroxylation is 1.